The van der Waals surface area contributed by atoms with Crippen LogP contribution < -0.4 is 5.32 Å². The van der Waals surface area contributed by atoms with Gasteiger partial charge in [0.05, 0.1) is 19.3 Å². The summed E-state index contributed by atoms with van der Waals surface area (Å²) < 4.78 is 5.45. The summed E-state index contributed by atoms with van der Waals surface area (Å²) in [7, 11) is 0. The molecule has 0 aromatic heterocycles. The van der Waals surface area contributed by atoms with Gasteiger partial charge in [0.2, 0.25) is 5.91 Å². The summed E-state index contributed by atoms with van der Waals surface area (Å²) >= 11 is 0. The van der Waals surface area contributed by atoms with Gasteiger partial charge in [-0.2, -0.15) is 0 Å². The highest BCUT2D eigenvalue weighted by atomic mass is 16.5. The fourth-order valence-electron chi connectivity index (χ4n) is 2.15. The van der Waals surface area contributed by atoms with Gasteiger partial charge in [0.15, 0.2) is 0 Å². The molecule has 1 fully saturated rings. The van der Waals surface area contributed by atoms with E-state index in [4.69, 9.17) is 4.74 Å². The van der Waals surface area contributed by atoms with Crippen molar-refractivity contribution < 1.29 is 14.6 Å². The highest BCUT2D eigenvalue weighted by Crippen LogP contribution is 2.16. The third-order valence-electron chi connectivity index (χ3n) is 3.14. The highest BCUT2D eigenvalue weighted by Gasteiger charge is 2.26. The summed E-state index contributed by atoms with van der Waals surface area (Å²) in [5.41, 5.74) is 1.09. The lowest BCUT2D eigenvalue weighted by molar-refractivity contribution is -0.123. The molecule has 98 valence electrons. The molecular formula is C14H19NO3. The van der Waals surface area contributed by atoms with Crippen molar-refractivity contribution in [2.75, 3.05) is 13.2 Å². The average Bonchev–Trinajstić information content (AvgIpc) is 2.76. The molecule has 0 spiro atoms. The third-order valence-corrected chi connectivity index (χ3v) is 3.14. The van der Waals surface area contributed by atoms with Gasteiger partial charge >= 0.3 is 0 Å². The Morgan fingerprint density at radius 2 is 2.17 bits per heavy atom. The highest BCUT2D eigenvalue weighted by molar-refractivity contribution is 5.80. The first-order valence-corrected chi connectivity index (χ1v) is 6.33. The minimum Gasteiger partial charge on any atom is -0.391 e. The Morgan fingerprint density at radius 1 is 1.39 bits per heavy atom. The number of rotatable bonds is 6. The number of aliphatic hydroxyl groups is 1. The van der Waals surface area contributed by atoms with Crippen LogP contribution in [0.15, 0.2) is 30.3 Å². The molecule has 0 saturated carbocycles. The summed E-state index contributed by atoms with van der Waals surface area (Å²) in [5.74, 6) is -0.00238. The molecule has 2 atom stereocenters. The molecule has 18 heavy (non-hydrogen) atoms. The second kappa shape index (κ2) is 6.52. The van der Waals surface area contributed by atoms with E-state index in [1.807, 2.05) is 30.3 Å². The van der Waals surface area contributed by atoms with Crippen molar-refractivity contribution in [3.8, 4) is 0 Å². The van der Waals surface area contributed by atoms with Crippen molar-refractivity contribution in [3.63, 3.8) is 0 Å². The Kier molecular flexibility index (Phi) is 4.73. The van der Waals surface area contributed by atoms with Crippen molar-refractivity contribution >= 4 is 5.91 Å². The lowest BCUT2D eigenvalue weighted by atomic mass is 10.0. The van der Waals surface area contributed by atoms with Gasteiger partial charge in [-0.3, -0.25) is 4.79 Å². The Labute approximate surface area is 107 Å². The molecule has 2 unspecified atom stereocenters. The zero-order valence-corrected chi connectivity index (χ0v) is 10.3. The molecule has 0 radical (unpaired) electrons. The topological polar surface area (TPSA) is 58.6 Å². The molecule has 0 aliphatic carbocycles. The molecule has 4 heteroatoms. The van der Waals surface area contributed by atoms with Crippen LogP contribution in [-0.2, 0) is 16.1 Å². The molecule has 1 amide bonds. The molecule has 4 nitrogen and oxygen atoms in total. The van der Waals surface area contributed by atoms with Gasteiger partial charge in [-0.25, -0.2) is 0 Å². The number of nitrogens with one attached hydrogen (secondary N) is 1. The first kappa shape index (κ1) is 13.1. The monoisotopic (exact) mass is 249 g/mol. The molecule has 0 bridgehead atoms. The third kappa shape index (κ3) is 3.82. The van der Waals surface area contributed by atoms with Gasteiger partial charge in [0.1, 0.15) is 0 Å². The lowest BCUT2D eigenvalue weighted by Gasteiger charge is -2.14. The van der Waals surface area contributed by atoms with Crippen LogP contribution in [0.4, 0.5) is 0 Å². The maximum Gasteiger partial charge on any atom is 0.223 e. The van der Waals surface area contributed by atoms with E-state index in [0.29, 0.717) is 13.0 Å². The van der Waals surface area contributed by atoms with Crippen LogP contribution in [0, 0.1) is 5.92 Å². The summed E-state index contributed by atoms with van der Waals surface area (Å²) in [6, 6.07) is 9.83. The van der Waals surface area contributed by atoms with E-state index in [-0.39, 0.29) is 18.4 Å². The van der Waals surface area contributed by atoms with Crippen molar-refractivity contribution in [1.82, 2.24) is 5.32 Å². The van der Waals surface area contributed by atoms with Crippen LogP contribution >= 0.6 is 0 Å². The quantitative estimate of drug-likeness (QED) is 0.793. The van der Waals surface area contributed by atoms with E-state index in [2.05, 4.69) is 5.32 Å². The summed E-state index contributed by atoms with van der Waals surface area (Å²) in [6.45, 7) is 1.49. The average molecular weight is 249 g/mol. The number of benzene rings is 1. The standard InChI is InChI=1S/C14H19NO3/c16-13(8-12-6-7-15-14(12)17)10-18-9-11-4-2-1-3-5-11/h1-5,12-13,16H,6-10H2,(H,15,17). The second-order valence-corrected chi connectivity index (χ2v) is 4.67. The molecule has 1 aromatic carbocycles. The number of hydrogen-bond donors (Lipinski definition) is 2. The number of ether oxygens (including phenoxy) is 1. The van der Waals surface area contributed by atoms with Gasteiger partial charge in [0, 0.05) is 12.5 Å². The van der Waals surface area contributed by atoms with Crippen LogP contribution in [0.3, 0.4) is 0 Å². The van der Waals surface area contributed by atoms with E-state index in [9.17, 15) is 9.90 Å². The molecule has 1 aliphatic rings. The van der Waals surface area contributed by atoms with E-state index in [0.717, 1.165) is 18.5 Å². The van der Waals surface area contributed by atoms with E-state index < -0.39 is 6.10 Å². The Bertz CT molecular complexity index is 380. The largest absolute Gasteiger partial charge is 0.391 e. The van der Waals surface area contributed by atoms with Crippen LogP contribution in [0.5, 0.6) is 0 Å². The van der Waals surface area contributed by atoms with Crippen LogP contribution in [0.2, 0.25) is 0 Å². The number of carbonyl (C=O) groups excluding carboxylic acids is 1. The molecule has 1 heterocycles. The molecular weight excluding hydrogens is 230 g/mol. The Hall–Kier alpha value is -1.39. The number of hydrogen-bond acceptors (Lipinski definition) is 3. The molecule has 2 N–H and O–H groups in total. The second-order valence-electron chi connectivity index (χ2n) is 4.67. The maximum atomic E-state index is 11.3. The van der Waals surface area contributed by atoms with Crippen LogP contribution in [0.25, 0.3) is 0 Å². The van der Waals surface area contributed by atoms with Gasteiger partial charge in [-0.15, -0.1) is 0 Å². The molecule has 1 aromatic rings. The first-order chi connectivity index (χ1) is 8.75. The van der Waals surface area contributed by atoms with Gasteiger partial charge in [-0.05, 0) is 18.4 Å². The van der Waals surface area contributed by atoms with E-state index in [1.165, 1.54) is 0 Å². The fourth-order valence-corrected chi connectivity index (χ4v) is 2.15. The minimum absolute atomic E-state index is 0.0529. The van der Waals surface area contributed by atoms with E-state index in [1.54, 1.807) is 0 Å². The zero-order chi connectivity index (χ0) is 12.8. The van der Waals surface area contributed by atoms with Crippen molar-refractivity contribution in [1.29, 1.82) is 0 Å². The van der Waals surface area contributed by atoms with E-state index >= 15 is 0 Å². The van der Waals surface area contributed by atoms with Crippen molar-refractivity contribution in [3.05, 3.63) is 35.9 Å². The minimum atomic E-state index is -0.567. The normalized spacial score (nSPS) is 20.7. The number of aliphatic hydroxyl groups excluding tert-OH is 1. The van der Waals surface area contributed by atoms with Crippen molar-refractivity contribution in [2.45, 2.75) is 25.6 Å². The lowest BCUT2D eigenvalue weighted by Crippen LogP contribution is -2.25. The summed E-state index contributed by atoms with van der Waals surface area (Å²) in [6.07, 6.45) is 0.734. The fraction of sp³-hybridized carbons (Fsp3) is 0.500. The number of amides is 1. The number of carbonyl (C=O) groups is 1. The molecule has 1 saturated heterocycles. The SMILES string of the molecule is O=C1NCCC1CC(O)COCc1ccccc1. The first-order valence-electron chi connectivity index (χ1n) is 6.33. The smallest absolute Gasteiger partial charge is 0.223 e. The maximum absolute atomic E-state index is 11.3. The van der Waals surface area contributed by atoms with Gasteiger partial charge in [0.25, 0.3) is 0 Å². The Balaban J connectivity index is 1.66. The summed E-state index contributed by atoms with van der Waals surface area (Å²) in [5, 5.41) is 12.6. The predicted octanol–water partition coefficient (Wildman–Crippen LogP) is 1.09. The zero-order valence-electron chi connectivity index (χ0n) is 10.3. The van der Waals surface area contributed by atoms with Crippen LogP contribution in [-0.4, -0.2) is 30.3 Å². The van der Waals surface area contributed by atoms with Crippen LogP contribution in [0.1, 0.15) is 18.4 Å². The molecule has 1 aliphatic heterocycles. The predicted molar refractivity (Wildman–Crippen MR) is 67.8 cm³/mol. The Morgan fingerprint density at radius 3 is 2.83 bits per heavy atom. The molecule has 2 rings (SSSR count). The van der Waals surface area contributed by atoms with Gasteiger partial charge in [-0.1, -0.05) is 30.3 Å². The van der Waals surface area contributed by atoms with Gasteiger partial charge < -0.3 is 15.2 Å². The van der Waals surface area contributed by atoms with Crippen molar-refractivity contribution in [2.24, 2.45) is 5.92 Å². The summed E-state index contributed by atoms with van der Waals surface area (Å²) in [4.78, 5) is 11.3.